The van der Waals surface area contributed by atoms with Crippen LogP contribution in [0, 0.1) is 6.92 Å². The first-order valence-electron chi connectivity index (χ1n) is 7.93. The fourth-order valence-corrected chi connectivity index (χ4v) is 3.22. The standard InChI is InChI=1S/C17H25N5/c1-14-19-13-17(20(14)2)16(12-18)22-10-8-21(9-11-22)15-6-4-3-5-7-15/h3-7,13,16H,8-12,18H2,1-2H3. The van der Waals surface area contributed by atoms with Crippen LogP contribution in [-0.2, 0) is 7.05 Å². The van der Waals surface area contributed by atoms with Crippen LogP contribution in [0.5, 0.6) is 0 Å². The van der Waals surface area contributed by atoms with Crippen molar-refractivity contribution in [1.82, 2.24) is 14.5 Å². The molecule has 2 N–H and O–H groups in total. The van der Waals surface area contributed by atoms with E-state index in [4.69, 9.17) is 5.73 Å². The van der Waals surface area contributed by atoms with E-state index in [1.165, 1.54) is 11.4 Å². The number of piperazine rings is 1. The van der Waals surface area contributed by atoms with E-state index in [1.807, 2.05) is 13.1 Å². The van der Waals surface area contributed by atoms with Gasteiger partial charge in [-0.25, -0.2) is 4.98 Å². The number of aromatic nitrogens is 2. The maximum atomic E-state index is 6.06. The van der Waals surface area contributed by atoms with Crippen LogP contribution < -0.4 is 10.6 Å². The highest BCUT2D eigenvalue weighted by molar-refractivity contribution is 5.46. The number of anilines is 1. The first kappa shape index (κ1) is 15.1. The molecule has 1 saturated heterocycles. The van der Waals surface area contributed by atoms with E-state index in [9.17, 15) is 0 Å². The van der Waals surface area contributed by atoms with Crippen LogP contribution in [0.3, 0.4) is 0 Å². The van der Waals surface area contributed by atoms with Crippen molar-refractivity contribution in [1.29, 1.82) is 0 Å². The lowest BCUT2D eigenvalue weighted by Crippen LogP contribution is -2.49. The molecular formula is C17H25N5. The summed E-state index contributed by atoms with van der Waals surface area (Å²) in [6.07, 6.45) is 1.97. The van der Waals surface area contributed by atoms with E-state index in [2.05, 4.69) is 56.7 Å². The van der Waals surface area contributed by atoms with Crippen LogP contribution in [-0.4, -0.2) is 47.2 Å². The van der Waals surface area contributed by atoms with Crippen molar-refractivity contribution in [3.8, 4) is 0 Å². The normalized spacial score (nSPS) is 17.7. The minimum Gasteiger partial charge on any atom is -0.369 e. The summed E-state index contributed by atoms with van der Waals surface area (Å²) in [4.78, 5) is 9.34. The van der Waals surface area contributed by atoms with Crippen molar-refractivity contribution < 1.29 is 0 Å². The number of hydrogen-bond acceptors (Lipinski definition) is 4. The topological polar surface area (TPSA) is 50.3 Å². The number of rotatable bonds is 4. The van der Waals surface area contributed by atoms with Gasteiger partial charge in [-0.15, -0.1) is 0 Å². The van der Waals surface area contributed by atoms with Gasteiger partial charge in [-0.05, 0) is 19.1 Å². The number of nitrogens with two attached hydrogens (primary N) is 1. The van der Waals surface area contributed by atoms with Crippen LogP contribution in [0.1, 0.15) is 17.6 Å². The van der Waals surface area contributed by atoms with E-state index < -0.39 is 0 Å². The second-order valence-corrected chi connectivity index (χ2v) is 5.90. The highest BCUT2D eigenvalue weighted by Gasteiger charge is 2.26. The van der Waals surface area contributed by atoms with Crippen molar-refractivity contribution >= 4 is 5.69 Å². The van der Waals surface area contributed by atoms with Crippen LogP contribution in [0.2, 0.25) is 0 Å². The summed E-state index contributed by atoms with van der Waals surface area (Å²) >= 11 is 0. The van der Waals surface area contributed by atoms with Crippen LogP contribution >= 0.6 is 0 Å². The Hall–Kier alpha value is -1.85. The zero-order valence-electron chi connectivity index (χ0n) is 13.4. The molecule has 0 amide bonds. The molecule has 0 bridgehead atoms. The Kier molecular flexibility index (Phi) is 4.45. The molecule has 1 atom stereocenters. The lowest BCUT2D eigenvalue weighted by atomic mass is 10.1. The molecule has 3 rings (SSSR count). The number of nitrogens with zero attached hydrogens (tertiary/aromatic N) is 4. The molecule has 1 fully saturated rings. The SMILES string of the molecule is Cc1ncc(C(CN)N2CCN(c3ccccc3)CC2)n1C. The third kappa shape index (κ3) is 2.87. The van der Waals surface area contributed by atoms with Gasteiger partial charge in [0, 0.05) is 45.5 Å². The Morgan fingerprint density at radius 3 is 2.36 bits per heavy atom. The third-order valence-electron chi connectivity index (χ3n) is 4.70. The number of aryl methyl sites for hydroxylation is 1. The largest absolute Gasteiger partial charge is 0.369 e. The van der Waals surface area contributed by atoms with E-state index in [-0.39, 0.29) is 6.04 Å². The lowest BCUT2D eigenvalue weighted by molar-refractivity contribution is 0.184. The summed E-state index contributed by atoms with van der Waals surface area (Å²) < 4.78 is 2.15. The zero-order chi connectivity index (χ0) is 15.5. The van der Waals surface area contributed by atoms with Gasteiger partial charge in [-0.3, -0.25) is 4.90 Å². The van der Waals surface area contributed by atoms with E-state index in [1.54, 1.807) is 0 Å². The molecule has 2 aromatic rings. The molecule has 1 unspecified atom stereocenters. The molecule has 0 saturated carbocycles. The Labute approximate surface area is 132 Å². The van der Waals surface area contributed by atoms with Gasteiger partial charge in [0.1, 0.15) is 5.82 Å². The average molecular weight is 299 g/mol. The van der Waals surface area contributed by atoms with E-state index >= 15 is 0 Å². The summed E-state index contributed by atoms with van der Waals surface area (Å²) in [6, 6.07) is 10.9. The van der Waals surface area contributed by atoms with Gasteiger partial charge in [0.15, 0.2) is 0 Å². The molecule has 22 heavy (non-hydrogen) atoms. The van der Waals surface area contributed by atoms with Gasteiger partial charge in [0.05, 0.1) is 17.9 Å². The summed E-state index contributed by atoms with van der Waals surface area (Å²) in [7, 11) is 2.07. The highest BCUT2D eigenvalue weighted by Crippen LogP contribution is 2.23. The zero-order valence-corrected chi connectivity index (χ0v) is 13.4. The molecule has 118 valence electrons. The van der Waals surface area contributed by atoms with Crippen molar-refractivity contribution in [2.24, 2.45) is 12.8 Å². The van der Waals surface area contributed by atoms with E-state index in [0.29, 0.717) is 6.54 Å². The van der Waals surface area contributed by atoms with Crippen LogP contribution in [0.4, 0.5) is 5.69 Å². The molecule has 1 aliphatic rings. The highest BCUT2D eigenvalue weighted by atomic mass is 15.3. The van der Waals surface area contributed by atoms with Crippen molar-refractivity contribution in [2.45, 2.75) is 13.0 Å². The monoisotopic (exact) mass is 299 g/mol. The predicted molar refractivity (Wildman–Crippen MR) is 90.0 cm³/mol. The Balaban J connectivity index is 1.68. The second-order valence-electron chi connectivity index (χ2n) is 5.90. The smallest absolute Gasteiger partial charge is 0.105 e. The van der Waals surface area contributed by atoms with Crippen molar-refractivity contribution in [2.75, 3.05) is 37.6 Å². The molecule has 0 spiro atoms. The van der Waals surface area contributed by atoms with Crippen molar-refractivity contribution in [3.05, 3.63) is 48.0 Å². The molecule has 1 aromatic heterocycles. The molecule has 0 radical (unpaired) electrons. The lowest BCUT2D eigenvalue weighted by Gasteiger charge is -2.40. The van der Waals surface area contributed by atoms with Gasteiger partial charge in [0.25, 0.3) is 0 Å². The third-order valence-corrected chi connectivity index (χ3v) is 4.70. The maximum Gasteiger partial charge on any atom is 0.105 e. The van der Waals surface area contributed by atoms with E-state index in [0.717, 1.165) is 32.0 Å². The summed E-state index contributed by atoms with van der Waals surface area (Å²) in [5.41, 5.74) is 8.59. The minimum atomic E-state index is 0.254. The molecule has 1 aliphatic heterocycles. The average Bonchev–Trinajstić information content (AvgIpc) is 2.90. The summed E-state index contributed by atoms with van der Waals surface area (Å²) in [6.45, 7) is 6.80. The first-order valence-corrected chi connectivity index (χ1v) is 7.93. The van der Waals surface area contributed by atoms with Crippen LogP contribution in [0.25, 0.3) is 0 Å². The molecular weight excluding hydrogens is 274 g/mol. The van der Waals surface area contributed by atoms with Gasteiger partial charge in [0.2, 0.25) is 0 Å². The van der Waals surface area contributed by atoms with Gasteiger partial charge >= 0.3 is 0 Å². The molecule has 5 heteroatoms. The van der Waals surface area contributed by atoms with Crippen LogP contribution in [0.15, 0.2) is 36.5 Å². The number of para-hydroxylation sites is 1. The number of hydrogen-bond donors (Lipinski definition) is 1. The fourth-order valence-electron chi connectivity index (χ4n) is 3.22. The summed E-state index contributed by atoms with van der Waals surface area (Å²) in [5.74, 6) is 1.04. The summed E-state index contributed by atoms with van der Waals surface area (Å²) in [5, 5.41) is 0. The predicted octanol–water partition coefficient (Wildman–Crippen LogP) is 1.55. The van der Waals surface area contributed by atoms with Gasteiger partial charge < -0.3 is 15.2 Å². The molecule has 2 heterocycles. The Morgan fingerprint density at radius 1 is 1.14 bits per heavy atom. The number of imidazole rings is 1. The van der Waals surface area contributed by atoms with Gasteiger partial charge in [-0.2, -0.15) is 0 Å². The quantitative estimate of drug-likeness (QED) is 0.930. The minimum absolute atomic E-state index is 0.254. The second kappa shape index (κ2) is 6.50. The Bertz CT molecular complexity index is 599. The molecule has 0 aliphatic carbocycles. The fraction of sp³-hybridized carbons (Fsp3) is 0.471. The van der Waals surface area contributed by atoms with Crippen molar-refractivity contribution in [3.63, 3.8) is 0 Å². The first-order chi connectivity index (χ1) is 10.7. The number of benzene rings is 1. The Morgan fingerprint density at radius 2 is 1.82 bits per heavy atom. The molecule has 1 aromatic carbocycles. The van der Waals surface area contributed by atoms with Gasteiger partial charge in [-0.1, -0.05) is 18.2 Å². The molecule has 5 nitrogen and oxygen atoms in total. The maximum absolute atomic E-state index is 6.06.